The van der Waals surface area contributed by atoms with Crippen LogP contribution in [-0.4, -0.2) is 38.6 Å². The molecule has 10 nitrogen and oxygen atoms in total. The Hall–Kier alpha value is -5.94. The second kappa shape index (κ2) is 23.1. The van der Waals surface area contributed by atoms with Crippen LogP contribution in [-0.2, 0) is 12.8 Å². The highest BCUT2D eigenvalue weighted by atomic mass is 32.1. The highest BCUT2D eigenvalue weighted by Crippen LogP contribution is 2.42. The molecule has 0 radical (unpaired) electrons. The number of fused-ring (bicyclic) bond motifs is 2. The summed E-state index contributed by atoms with van der Waals surface area (Å²) >= 11 is 1.22. The van der Waals surface area contributed by atoms with Crippen molar-refractivity contribution in [2.45, 2.75) is 106 Å². The molecule has 2 aromatic heterocycles. The average molecular weight is 879 g/mol. The molecule has 0 spiro atoms. The lowest BCUT2D eigenvalue weighted by Gasteiger charge is -2.17. The van der Waals surface area contributed by atoms with Gasteiger partial charge in [0, 0.05) is 22.5 Å². The lowest BCUT2D eigenvalue weighted by molar-refractivity contribution is 0.233. The van der Waals surface area contributed by atoms with E-state index in [9.17, 15) is 0 Å². The van der Waals surface area contributed by atoms with Crippen LogP contribution < -0.4 is 31.0 Å². The number of anilines is 4. The molecular formula is C53H66N8O2S. The molecule has 2 heterocycles. The van der Waals surface area contributed by atoms with Gasteiger partial charge in [0.05, 0.1) is 65.4 Å². The Morgan fingerprint density at radius 3 is 1.27 bits per heavy atom. The summed E-state index contributed by atoms with van der Waals surface area (Å²) in [4.78, 5) is 10.7. The maximum Gasteiger partial charge on any atom is 0.119 e. The molecule has 4 N–H and O–H groups in total. The number of hydrogen-bond donors (Lipinski definition) is 4. The Morgan fingerprint density at radius 1 is 0.484 bits per heavy atom. The number of hydrogen-bond acceptors (Lipinski definition) is 11. The van der Waals surface area contributed by atoms with Gasteiger partial charge in [0.25, 0.3) is 0 Å². The Balaban J connectivity index is 1.05. The van der Waals surface area contributed by atoms with E-state index >= 15 is 0 Å². The molecule has 0 bridgehead atoms. The fourth-order valence-electron chi connectivity index (χ4n) is 8.10. The fourth-order valence-corrected chi connectivity index (χ4v) is 8.66. The number of nitrogens with zero attached hydrogens (tertiary/aromatic N) is 4. The summed E-state index contributed by atoms with van der Waals surface area (Å²) in [6, 6.07) is 33.2. The highest BCUT2D eigenvalue weighted by Gasteiger charge is 2.23. The number of benzene rings is 5. The van der Waals surface area contributed by atoms with E-state index in [0.717, 1.165) is 129 Å². The Morgan fingerprint density at radius 2 is 0.875 bits per heavy atom. The van der Waals surface area contributed by atoms with Crippen molar-refractivity contribution >= 4 is 56.5 Å². The third-order valence-electron chi connectivity index (χ3n) is 12.2. The van der Waals surface area contributed by atoms with E-state index in [1.807, 2.05) is 36.4 Å². The largest absolute Gasteiger partial charge is 0.493 e. The van der Waals surface area contributed by atoms with E-state index in [1.54, 1.807) is 0 Å². The summed E-state index contributed by atoms with van der Waals surface area (Å²) in [5.41, 5.74) is 19.9. The molecule has 0 aliphatic heterocycles. The molecule has 0 saturated heterocycles. The standard InChI is InChI=1S/C53H66N8O2S/c1-7-13-15-36(9-3)33-62-44-29-25-41(26-30-44)55-35-54-40-21-17-38(18-22-40)48-50-51(57-47(12-6)46(11-5)56-50)49(53-52(48)60-64-61-53)39-19-23-42(24-20-39)58-59-43-27-31-45(32-28-43)63-34-37(10-4)16-14-8-2/h17-32,36-37,54-55,58-59H,7-16,33-35H2,1-6H3. The zero-order chi connectivity index (χ0) is 44.7. The molecule has 0 aliphatic carbocycles. The monoisotopic (exact) mass is 879 g/mol. The second-order valence-electron chi connectivity index (χ2n) is 16.7. The first-order valence-corrected chi connectivity index (χ1v) is 24.3. The Labute approximate surface area is 384 Å². The number of rotatable bonds is 25. The number of aromatic nitrogens is 4. The van der Waals surface area contributed by atoms with Crippen LogP contribution >= 0.6 is 11.7 Å². The zero-order valence-electron chi connectivity index (χ0n) is 38.6. The van der Waals surface area contributed by atoms with Gasteiger partial charge in [-0.15, -0.1) is 0 Å². The Bertz CT molecular complexity index is 2510. The minimum absolute atomic E-state index is 0.573. The molecule has 0 amide bonds. The first-order chi connectivity index (χ1) is 31.4. The molecule has 7 aromatic rings. The number of nitrogens with one attached hydrogen (secondary N) is 4. The quantitative estimate of drug-likeness (QED) is 0.0326. The van der Waals surface area contributed by atoms with Gasteiger partial charge in [0.1, 0.15) is 22.5 Å². The zero-order valence-corrected chi connectivity index (χ0v) is 39.4. The van der Waals surface area contributed by atoms with Crippen molar-refractivity contribution in [1.29, 1.82) is 0 Å². The predicted molar refractivity (Wildman–Crippen MR) is 270 cm³/mol. The van der Waals surface area contributed by atoms with E-state index in [0.29, 0.717) is 18.5 Å². The van der Waals surface area contributed by atoms with Crippen LogP contribution in [0.4, 0.5) is 22.7 Å². The summed E-state index contributed by atoms with van der Waals surface area (Å²) in [5.74, 6) is 3.01. The molecule has 336 valence electrons. The molecule has 2 unspecified atom stereocenters. The van der Waals surface area contributed by atoms with Crippen LogP contribution in [0.3, 0.4) is 0 Å². The highest BCUT2D eigenvalue weighted by molar-refractivity contribution is 7.00. The third kappa shape index (κ3) is 11.6. The third-order valence-corrected chi connectivity index (χ3v) is 12.7. The predicted octanol–water partition coefficient (Wildman–Crippen LogP) is 14.2. The van der Waals surface area contributed by atoms with Crippen LogP contribution in [0, 0.1) is 11.8 Å². The molecular weight excluding hydrogens is 813 g/mol. The van der Waals surface area contributed by atoms with Gasteiger partial charge >= 0.3 is 0 Å². The van der Waals surface area contributed by atoms with Crippen molar-refractivity contribution in [2.75, 3.05) is 41.4 Å². The normalized spacial score (nSPS) is 12.3. The van der Waals surface area contributed by atoms with Crippen molar-refractivity contribution < 1.29 is 9.47 Å². The lowest BCUT2D eigenvalue weighted by atomic mass is 9.94. The van der Waals surface area contributed by atoms with Crippen molar-refractivity contribution in [3.63, 3.8) is 0 Å². The number of unbranched alkanes of at least 4 members (excludes halogenated alkanes) is 2. The average Bonchev–Trinajstić information content (AvgIpc) is 3.83. The smallest absolute Gasteiger partial charge is 0.119 e. The van der Waals surface area contributed by atoms with E-state index in [2.05, 4.69) is 124 Å². The summed E-state index contributed by atoms with van der Waals surface area (Å²) in [7, 11) is 0. The fraction of sp³-hybridized carbons (Fsp3) is 0.396. The van der Waals surface area contributed by atoms with Gasteiger partial charge in [-0.3, -0.25) is 0 Å². The number of aryl methyl sites for hydroxylation is 2. The van der Waals surface area contributed by atoms with Gasteiger partial charge in [-0.05, 0) is 121 Å². The summed E-state index contributed by atoms with van der Waals surface area (Å²) < 4.78 is 22.0. The Kier molecular flexibility index (Phi) is 16.6. The maximum atomic E-state index is 6.12. The van der Waals surface area contributed by atoms with Crippen molar-refractivity contribution in [2.24, 2.45) is 11.8 Å². The van der Waals surface area contributed by atoms with E-state index in [1.165, 1.54) is 50.3 Å². The van der Waals surface area contributed by atoms with Crippen LogP contribution in [0.25, 0.3) is 44.3 Å². The molecule has 11 heteroatoms. The van der Waals surface area contributed by atoms with Crippen molar-refractivity contribution in [1.82, 2.24) is 18.7 Å². The van der Waals surface area contributed by atoms with Crippen LogP contribution in [0.5, 0.6) is 11.5 Å². The summed E-state index contributed by atoms with van der Waals surface area (Å²) in [6.07, 6.45) is 11.3. The second-order valence-corrected chi connectivity index (χ2v) is 17.2. The molecule has 5 aromatic carbocycles. The summed E-state index contributed by atoms with van der Waals surface area (Å²) in [5, 5.41) is 7.00. The molecule has 0 saturated carbocycles. The van der Waals surface area contributed by atoms with Gasteiger partial charge in [-0.25, -0.2) is 9.97 Å². The molecule has 0 fully saturated rings. The minimum Gasteiger partial charge on any atom is -0.493 e. The van der Waals surface area contributed by atoms with E-state index in [-0.39, 0.29) is 0 Å². The molecule has 2 atom stereocenters. The molecule has 64 heavy (non-hydrogen) atoms. The van der Waals surface area contributed by atoms with E-state index in [4.69, 9.17) is 28.2 Å². The summed E-state index contributed by atoms with van der Waals surface area (Å²) in [6.45, 7) is 15.4. The topological polar surface area (TPSA) is 118 Å². The number of hydrazine groups is 1. The van der Waals surface area contributed by atoms with Gasteiger partial charge in [0.15, 0.2) is 0 Å². The lowest BCUT2D eigenvalue weighted by Crippen LogP contribution is -2.12. The molecule has 7 rings (SSSR count). The first kappa shape index (κ1) is 46.1. The van der Waals surface area contributed by atoms with Crippen molar-refractivity contribution in [3.05, 3.63) is 108 Å². The number of ether oxygens (including phenoxy) is 2. The molecule has 0 aliphatic rings. The van der Waals surface area contributed by atoms with Crippen LogP contribution in [0.2, 0.25) is 0 Å². The minimum atomic E-state index is 0.573. The maximum absolute atomic E-state index is 6.12. The van der Waals surface area contributed by atoms with Gasteiger partial charge in [-0.2, -0.15) is 8.75 Å². The first-order valence-electron chi connectivity index (χ1n) is 23.6. The van der Waals surface area contributed by atoms with Crippen molar-refractivity contribution in [3.8, 4) is 33.8 Å². The van der Waals surface area contributed by atoms with E-state index < -0.39 is 0 Å². The van der Waals surface area contributed by atoms with Crippen LogP contribution in [0.1, 0.15) is 104 Å². The van der Waals surface area contributed by atoms with Gasteiger partial charge < -0.3 is 31.0 Å². The van der Waals surface area contributed by atoms with Gasteiger partial charge in [0.2, 0.25) is 0 Å². The van der Waals surface area contributed by atoms with Gasteiger partial charge in [-0.1, -0.05) is 104 Å². The van der Waals surface area contributed by atoms with Crippen LogP contribution in [0.15, 0.2) is 97.1 Å². The SMILES string of the molecule is CCCCC(CC)COc1ccc(NCNc2ccc(-c3c4nsnc4c(-c4ccc(NNc5ccc(OCC(CC)CCCC)cc5)cc4)c4nc(CC)c(CC)nc34)cc2)cc1.